The van der Waals surface area contributed by atoms with E-state index in [1.54, 1.807) is 4.68 Å². The Morgan fingerprint density at radius 3 is 2.58 bits per heavy atom. The van der Waals surface area contributed by atoms with Gasteiger partial charge in [0.05, 0.1) is 30.0 Å². The van der Waals surface area contributed by atoms with Gasteiger partial charge in [0.25, 0.3) is 0 Å². The third kappa shape index (κ3) is 5.12. The minimum atomic E-state index is -4.57. The van der Waals surface area contributed by atoms with Crippen LogP contribution in [0, 0.1) is 5.82 Å². The van der Waals surface area contributed by atoms with Gasteiger partial charge >= 0.3 is 6.18 Å². The standard InChI is InChI=1S/C21H21F4N5O2S/c1-13(2)33-19-27-12-28-30(19)11-20(31-7-8-32-20)15-10-26-18(9-16(15)22)29-17-6-4-3-5-14(17)21(23,24)25/h3-6,9-10,12-13H,7-8,11H2,1-2H3,(H,26,29). The van der Waals surface area contributed by atoms with E-state index in [9.17, 15) is 13.2 Å². The van der Waals surface area contributed by atoms with Crippen LogP contribution in [-0.4, -0.2) is 38.2 Å². The molecule has 1 saturated heterocycles. The summed E-state index contributed by atoms with van der Waals surface area (Å²) in [5.74, 6) is -2.31. The normalized spacial score (nSPS) is 15.8. The molecule has 1 N–H and O–H groups in total. The average Bonchev–Trinajstić information content (AvgIpc) is 3.38. The number of pyridine rings is 1. The van der Waals surface area contributed by atoms with Crippen LogP contribution in [-0.2, 0) is 28.0 Å². The lowest BCUT2D eigenvalue weighted by molar-refractivity contribution is -0.181. The molecule has 0 amide bonds. The first-order valence-corrected chi connectivity index (χ1v) is 11.0. The first-order valence-electron chi connectivity index (χ1n) is 10.1. The van der Waals surface area contributed by atoms with Crippen molar-refractivity contribution in [2.24, 2.45) is 0 Å². The zero-order valence-corrected chi connectivity index (χ0v) is 18.6. The number of ether oxygens (including phenoxy) is 2. The van der Waals surface area contributed by atoms with Crippen molar-refractivity contribution in [2.45, 2.75) is 42.8 Å². The Hall–Kier alpha value is -2.70. The van der Waals surface area contributed by atoms with Gasteiger partial charge in [-0.1, -0.05) is 37.7 Å². The van der Waals surface area contributed by atoms with Crippen LogP contribution >= 0.6 is 11.8 Å². The van der Waals surface area contributed by atoms with Gasteiger partial charge in [-0.3, -0.25) is 0 Å². The van der Waals surface area contributed by atoms with Crippen LogP contribution in [0.1, 0.15) is 25.0 Å². The fourth-order valence-corrected chi connectivity index (χ4v) is 4.17. The summed E-state index contributed by atoms with van der Waals surface area (Å²) in [6.07, 6.45) is -1.97. The Balaban J connectivity index is 1.62. The molecule has 0 saturated carbocycles. The Kier molecular flexibility index (Phi) is 6.59. The lowest BCUT2D eigenvalue weighted by Crippen LogP contribution is -2.35. The summed E-state index contributed by atoms with van der Waals surface area (Å²) < 4.78 is 68.1. The number of alkyl halides is 3. The van der Waals surface area contributed by atoms with Crippen LogP contribution in [0.25, 0.3) is 0 Å². The number of rotatable bonds is 7. The molecule has 0 bridgehead atoms. The van der Waals surface area contributed by atoms with E-state index in [2.05, 4.69) is 20.4 Å². The topological polar surface area (TPSA) is 74.1 Å². The number of hydrogen-bond acceptors (Lipinski definition) is 7. The second kappa shape index (κ2) is 9.27. The van der Waals surface area contributed by atoms with Gasteiger partial charge in [-0.2, -0.15) is 18.3 Å². The van der Waals surface area contributed by atoms with Gasteiger partial charge < -0.3 is 14.8 Å². The van der Waals surface area contributed by atoms with Gasteiger partial charge in [0, 0.05) is 17.5 Å². The van der Waals surface area contributed by atoms with Crippen LogP contribution < -0.4 is 5.32 Å². The Bertz CT molecular complexity index is 1120. The number of thioether (sulfide) groups is 1. The van der Waals surface area contributed by atoms with E-state index in [0.29, 0.717) is 5.16 Å². The Labute approximate surface area is 191 Å². The maximum Gasteiger partial charge on any atom is 0.418 e. The van der Waals surface area contributed by atoms with Crippen molar-refractivity contribution in [1.82, 2.24) is 19.7 Å². The summed E-state index contributed by atoms with van der Waals surface area (Å²) in [4.78, 5) is 8.35. The van der Waals surface area contributed by atoms with Crippen molar-refractivity contribution in [3.8, 4) is 0 Å². The molecule has 0 atom stereocenters. The zero-order valence-electron chi connectivity index (χ0n) is 17.8. The fourth-order valence-electron chi connectivity index (χ4n) is 3.40. The Morgan fingerprint density at radius 2 is 1.91 bits per heavy atom. The number of halogens is 4. The first kappa shape index (κ1) is 23.5. The molecular formula is C21H21F4N5O2S. The molecule has 176 valence electrons. The molecule has 4 rings (SSSR count). The van der Waals surface area contributed by atoms with Gasteiger partial charge in [0.2, 0.25) is 5.79 Å². The molecule has 2 aromatic heterocycles. The average molecular weight is 483 g/mol. The molecule has 1 fully saturated rings. The van der Waals surface area contributed by atoms with Gasteiger partial charge in [-0.15, -0.1) is 0 Å². The minimum absolute atomic E-state index is 0.0191. The number of hydrogen-bond donors (Lipinski definition) is 1. The maximum absolute atomic E-state index is 15.2. The van der Waals surface area contributed by atoms with Crippen LogP contribution in [0.15, 0.2) is 48.0 Å². The second-order valence-corrected chi connectivity index (χ2v) is 9.08. The summed E-state index contributed by atoms with van der Waals surface area (Å²) in [6.45, 7) is 4.52. The van der Waals surface area contributed by atoms with Crippen molar-refractivity contribution in [3.05, 3.63) is 59.8 Å². The predicted octanol–water partition coefficient (Wildman–Crippen LogP) is 4.97. The summed E-state index contributed by atoms with van der Waals surface area (Å²) in [5.41, 5.74) is -1.09. The largest absolute Gasteiger partial charge is 0.418 e. The molecule has 1 aliphatic rings. The van der Waals surface area contributed by atoms with Crippen LogP contribution in [0.3, 0.4) is 0 Å². The van der Waals surface area contributed by atoms with Gasteiger partial charge in [0.1, 0.15) is 24.5 Å². The fraction of sp³-hybridized carbons (Fsp3) is 0.381. The van der Waals surface area contributed by atoms with E-state index in [1.807, 2.05) is 13.8 Å². The van der Waals surface area contributed by atoms with Crippen LogP contribution in [0.2, 0.25) is 0 Å². The van der Waals surface area contributed by atoms with E-state index in [-0.39, 0.29) is 42.1 Å². The van der Waals surface area contributed by atoms with Gasteiger partial charge in [0.15, 0.2) is 5.16 Å². The molecular weight excluding hydrogens is 462 g/mol. The number of aromatic nitrogens is 4. The molecule has 33 heavy (non-hydrogen) atoms. The van der Waals surface area contributed by atoms with Gasteiger partial charge in [-0.05, 0) is 12.1 Å². The molecule has 12 heteroatoms. The van der Waals surface area contributed by atoms with Gasteiger partial charge in [-0.25, -0.2) is 19.0 Å². The smallest absolute Gasteiger partial charge is 0.342 e. The van der Waals surface area contributed by atoms with Crippen molar-refractivity contribution in [3.63, 3.8) is 0 Å². The molecule has 1 aliphatic heterocycles. The molecule has 1 aromatic carbocycles. The molecule has 7 nitrogen and oxygen atoms in total. The van der Waals surface area contributed by atoms with E-state index >= 15 is 4.39 Å². The van der Waals surface area contributed by atoms with Crippen LogP contribution in [0.4, 0.5) is 29.1 Å². The minimum Gasteiger partial charge on any atom is -0.342 e. The lowest BCUT2D eigenvalue weighted by Gasteiger charge is -2.28. The number of anilines is 2. The SMILES string of the molecule is CC(C)Sc1ncnn1CC1(c2cnc(Nc3ccccc3C(F)(F)F)cc2F)OCCO1. The van der Waals surface area contributed by atoms with Crippen molar-refractivity contribution in [1.29, 1.82) is 0 Å². The number of nitrogens with zero attached hydrogens (tertiary/aromatic N) is 4. The highest BCUT2D eigenvalue weighted by Crippen LogP contribution is 2.38. The predicted molar refractivity (Wildman–Crippen MR) is 114 cm³/mol. The highest BCUT2D eigenvalue weighted by atomic mass is 32.2. The van der Waals surface area contributed by atoms with Crippen molar-refractivity contribution in [2.75, 3.05) is 18.5 Å². The summed E-state index contributed by atoms with van der Waals surface area (Å²) in [5, 5.41) is 7.62. The third-order valence-corrected chi connectivity index (χ3v) is 5.79. The highest BCUT2D eigenvalue weighted by Gasteiger charge is 2.43. The zero-order chi connectivity index (χ0) is 23.6. The first-order chi connectivity index (χ1) is 15.7. The summed E-state index contributed by atoms with van der Waals surface area (Å²) >= 11 is 1.49. The molecule has 0 unspecified atom stereocenters. The maximum atomic E-state index is 15.2. The molecule has 0 spiro atoms. The quantitative estimate of drug-likeness (QED) is 0.376. The summed E-state index contributed by atoms with van der Waals surface area (Å²) in [6, 6.07) is 5.93. The summed E-state index contributed by atoms with van der Waals surface area (Å²) in [7, 11) is 0. The molecule has 0 aliphatic carbocycles. The lowest BCUT2D eigenvalue weighted by atomic mass is 10.1. The van der Waals surface area contributed by atoms with Crippen molar-refractivity contribution >= 4 is 23.3 Å². The van der Waals surface area contributed by atoms with Crippen LogP contribution in [0.5, 0.6) is 0 Å². The third-order valence-electron chi connectivity index (χ3n) is 4.79. The monoisotopic (exact) mass is 483 g/mol. The number of nitrogens with one attached hydrogen (secondary N) is 1. The molecule has 3 heterocycles. The Morgan fingerprint density at radius 1 is 1.18 bits per heavy atom. The van der Waals surface area contributed by atoms with E-state index in [4.69, 9.17) is 9.47 Å². The highest BCUT2D eigenvalue weighted by molar-refractivity contribution is 7.99. The van der Waals surface area contributed by atoms with E-state index in [0.717, 1.165) is 12.1 Å². The van der Waals surface area contributed by atoms with E-state index in [1.165, 1.54) is 42.5 Å². The molecule has 0 radical (unpaired) electrons. The van der Waals surface area contributed by atoms with Crippen molar-refractivity contribution < 1.29 is 27.0 Å². The number of benzene rings is 1. The molecule has 3 aromatic rings. The second-order valence-electron chi connectivity index (χ2n) is 7.53. The van der Waals surface area contributed by atoms with E-state index < -0.39 is 23.3 Å². The number of para-hydroxylation sites is 1.